The first kappa shape index (κ1) is 10.5. The molecule has 0 aliphatic heterocycles. The first-order valence-corrected chi connectivity index (χ1v) is 4.01. The van der Waals surface area contributed by atoms with E-state index in [9.17, 15) is 14.9 Å². The molecule has 0 spiro atoms. The van der Waals surface area contributed by atoms with Crippen LogP contribution in [0.4, 0.5) is 10.5 Å². The lowest BCUT2D eigenvalue weighted by molar-refractivity contribution is -0.385. The number of carbonyl (C=O) groups is 1. The standard InChI is InChI=1S/C8H6ClNO4/c1-5-2-3-7(14-8(9)11)6(4-5)10(12)13/h2-4H,1H3. The molecule has 0 radical (unpaired) electrons. The Morgan fingerprint density at radius 2 is 2.21 bits per heavy atom. The van der Waals surface area contributed by atoms with E-state index in [0.717, 1.165) is 0 Å². The summed E-state index contributed by atoms with van der Waals surface area (Å²) in [4.78, 5) is 20.3. The molecule has 74 valence electrons. The minimum absolute atomic E-state index is 0.152. The van der Waals surface area contributed by atoms with Crippen molar-refractivity contribution in [2.75, 3.05) is 0 Å². The van der Waals surface area contributed by atoms with E-state index in [4.69, 9.17) is 11.6 Å². The van der Waals surface area contributed by atoms with Gasteiger partial charge in [-0.3, -0.25) is 10.1 Å². The van der Waals surface area contributed by atoms with Crippen LogP contribution in [-0.4, -0.2) is 10.4 Å². The predicted molar refractivity (Wildman–Crippen MR) is 49.7 cm³/mol. The highest BCUT2D eigenvalue weighted by molar-refractivity contribution is 6.61. The van der Waals surface area contributed by atoms with Gasteiger partial charge in [-0.2, -0.15) is 0 Å². The average molecular weight is 216 g/mol. The molecule has 0 saturated heterocycles. The minimum Gasteiger partial charge on any atom is -0.407 e. The molecule has 14 heavy (non-hydrogen) atoms. The van der Waals surface area contributed by atoms with Gasteiger partial charge in [0.05, 0.1) is 4.92 Å². The number of rotatable bonds is 2. The van der Waals surface area contributed by atoms with E-state index in [1.807, 2.05) is 0 Å². The zero-order chi connectivity index (χ0) is 10.7. The lowest BCUT2D eigenvalue weighted by Crippen LogP contribution is -2.00. The van der Waals surface area contributed by atoms with Crippen molar-refractivity contribution in [3.05, 3.63) is 33.9 Å². The van der Waals surface area contributed by atoms with Crippen LogP contribution in [0.1, 0.15) is 5.56 Å². The Morgan fingerprint density at radius 3 is 2.71 bits per heavy atom. The molecule has 6 heteroatoms. The van der Waals surface area contributed by atoms with Crippen molar-refractivity contribution in [1.29, 1.82) is 0 Å². The molecule has 0 bridgehead atoms. The van der Waals surface area contributed by atoms with Gasteiger partial charge in [-0.25, -0.2) is 4.79 Å². The van der Waals surface area contributed by atoms with Crippen LogP contribution in [0.3, 0.4) is 0 Å². The van der Waals surface area contributed by atoms with E-state index in [1.54, 1.807) is 13.0 Å². The van der Waals surface area contributed by atoms with Crippen molar-refractivity contribution in [3.63, 3.8) is 0 Å². The molecule has 0 fully saturated rings. The van der Waals surface area contributed by atoms with E-state index >= 15 is 0 Å². The van der Waals surface area contributed by atoms with Crippen LogP contribution in [0, 0.1) is 17.0 Å². The quantitative estimate of drug-likeness (QED) is 0.432. The summed E-state index contributed by atoms with van der Waals surface area (Å²) in [6.45, 7) is 1.69. The van der Waals surface area contributed by atoms with E-state index < -0.39 is 10.4 Å². The number of nitrogens with zero attached hydrogens (tertiary/aromatic N) is 1. The summed E-state index contributed by atoms with van der Waals surface area (Å²) in [6, 6.07) is 4.21. The molecule has 1 rings (SSSR count). The highest BCUT2D eigenvalue weighted by atomic mass is 35.5. The largest absolute Gasteiger partial charge is 0.409 e. The third-order valence-corrected chi connectivity index (χ3v) is 1.58. The second-order valence-electron chi connectivity index (χ2n) is 2.57. The van der Waals surface area contributed by atoms with Gasteiger partial charge < -0.3 is 4.74 Å². The number of aryl methyl sites for hydroxylation is 1. The fraction of sp³-hybridized carbons (Fsp3) is 0.125. The summed E-state index contributed by atoms with van der Waals surface area (Å²) < 4.78 is 4.45. The van der Waals surface area contributed by atoms with Crippen LogP contribution in [0.2, 0.25) is 0 Å². The normalized spacial score (nSPS) is 9.57. The number of carbonyl (C=O) groups excluding carboxylic acids is 1. The molecule has 0 aliphatic carbocycles. The van der Waals surface area contributed by atoms with Gasteiger partial charge >= 0.3 is 11.1 Å². The SMILES string of the molecule is Cc1ccc(OC(=O)Cl)c([N+](=O)[O-])c1. The first-order valence-electron chi connectivity index (χ1n) is 3.63. The van der Waals surface area contributed by atoms with Gasteiger partial charge in [0.1, 0.15) is 0 Å². The molecule has 0 unspecified atom stereocenters. The molecular weight excluding hydrogens is 210 g/mol. The van der Waals surface area contributed by atoms with Crippen molar-refractivity contribution in [2.45, 2.75) is 6.92 Å². The van der Waals surface area contributed by atoms with Crippen LogP contribution < -0.4 is 4.74 Å². The van der Waals surface area contributed by atoms with Gasteiger partial charge in [-0.05, 0) is 18.6 Å². The van der Waals surface area contributed by atoms with Gasteiger partial charge in [0, 0.05) is 17.7 Å². The maximum Gasteiger partial charge on any atom is 0.409 e. The van der Waals surface area contributed by atoms with Crippen molar-refractivity contribution < 1.29 is 14.5 Å². The van der Waals surface area contributed by atoms with Gasteiger partial charge in [0.2, 0.25) is 5.75 Å². The molecule has 0 heterocycles. The lowest BCUT2D eigenvalue weighted by Gasteiger charge is -2.01. The zero-order valence-corrected chi connectivity index (χ0v) is 7.95. The molecule has 5 nitrogen and oxygen atoms in total. The topological polar surface area (TPSA) is 69.4 Å². The van der Waals surface area contributed by atoms with Crippen LogP contribution >= 0.6 is 11.6 Å². The Hall–Kier alpha value is -1.62. The second kappa shape index (κ2) is 4.06. The molecule has 1 aromatic carbocycles. The highest BCUT2D eigenvalue weighted by Crippen LogP contribution is 2.28. The minimum atomic E-state index is -1.10. The number of nitro benzene ring substituents is 1. The molecule has 0 amide bonds. The third kappa shape index (κ3) is 2.43. The maximum atomic E-state index is 10.5. The fourth-order valence-electron chi connectivity index (χ4n) is 0.943. The van der Waals surface area contributed by atoms with Gasteiger partial charge in [-0.15, -0.1) is 0 Å². The molecule has 0 aromatic heterocycles. The van der Waals surface area contributed by atoms with Crippen LogP contribution in [0.5, 0.6) is 5.75 Å². The van der Waals surface area contributed by atoms with Gasteiger partial charge in [0.25, 0.3) is 0 Å². The molecule has 0 aliphatic rings. The molecular formula is C8H6ClNO4. The van der Waals surface area contributed by atoms with Crippen molar-refractivity contribution in [1.82, 2.24) is 0 Å². The summed E-state index contributed by atoms with van der Waals surface area (Å²) in [6.07, 6.45) is 0. The van der Waals surface area contributed by atoms with E-state index in [0.29, 0.717) is 5.56 Å². The third-order valence-electron chi connectivity index (χ3n) is 1.50. The zero-order valence-electron chi connectivity index (χ0n) is 7.19. The van der Waals surface area contributed by atoms with Gasteiger partial charge in [-0.1, -0.05) is 6.07 Å². The van der Waals surface area contributed by atoms with E-state index in [2.05, 4.69) is 4.74 Å². The number of nitro groups is 1. The number of ether oxygens (including phenoxy) is 1. The van der Waals surface area contributed by atoms with Crippen molar-refractivity contribution in [2.24, 2.45) is 0 Å². The van der Waals surface area contributed by atoms with Crippen molar-refractivity contribution in [3.8, 4) is 5.75 Å². The Bertz CT molecular complexity index is 391. The Labute approximate surface area is 84.4 Å². The monoisotopic (exact) mass is 215 g/mol. The van der Waals surface area contributed by atoms with E-state index in [1.165, 1.54) is 12.1 Å². The molecule has 0 saturated carbocycles. The summed E-state index contributed by atoms with van der Waals surface area (Å²) in [7, 11) is 0. The maximum absolute atomic E-state index is 10.5. The number of hydrogen-bond donors (Lipinski definition) is 0. The van der Waals surface area contributed by atoms with Crippen LogP contribution in [0.15, 0.2) is 18.2 Å². The summed E-state index contributed by atoms with van der Waals surface area (Å²) >= 11 is 4.95. The number of halogens is 1. The van der Waals surface area contributed by atoms with E-state index in [-0.39, 0.29) is 11.4 Å². The number of benzene rings is 1. The predicted octanol–water partition coefficient (Wildman–Crippen LogP) is 2.64. The Balaban J connectivity index is 3.14. The first-order chi connectivity index (χ1) is 6.50. The molecule has 0 N–H and O–H groups in total. The van der Waals surface area contributed by atoms with Crippen LogP contribution in [-0.2, 0) is 0 Å². The smallest absolute Gasteiger partial charge is 0.407 e. The fourth-order valence-corrected chi connectivity index (χ4v) is 1.03. The van der Waals surface area contributed by atoms with Crippen molar-refractivity contribution >= 4 is 22.7 Å². The summed E-state index contributed by atoms with van der Waals surface area (Å²) in [5.41, 5.74) is -0.679. The average Bonchev–Trinajstić information content (AvgIpc) is 2.07. The molecule has 1 aromatic rings. The summed E-state index contributed by atoms with van der Waals surface area (Å²) in [5.74, 6) is -0.152. The van der Waals surface area contributed by atoms with Gasteiger partial charge in [0.15, 0.2) is 0 Å². The highest BCUT2D eigenvalue weighted by Gasteiger charge is 2.16. The molecule has 0 atom stereocenters. The lowest BCUT2D eigenvalue weighted by atomic mass is 10.2. The second-order valence-corrected chi connectivity index (χ2v) is 2.88. The van der Waals surface area contributed by atoms with Crippen LogP contribution in [0.25, 0.3) is 0 Å². The number of hydrogen-bond acceptors (Lipinski definition) is 4. The summed E-state index contributed by atoms with van der Waals surface area (Å²) in [5, 5.41) is 10.5. The Kier molecular flexibility index (Phi) is 3.03. The Morgan fingerprint density at radius 1 is 1.57 bits per heavy atom.